The van der Waals surface area contributed by atoms with Crippen LogP contribution in [0.1, 0.15) is 16.2 Å². The molecule has 1 saturated heterocycles. The highest BCUT2D eigenvalue weighted by Crippen LogP contribution is 2.17. The van der Waals surface area contributed by atoms with Crippen LogP contribution in [0.4, 0.5) is 5.13 Å². The minimum atomic E-state index is -0.398. The first-order valence-corrected chi connectivity index (χ1v) is 8.52. The molecule has 1 fully saturated rings. The lowest BCUT2D eigenvalue weighted by Crippen LogP contribution is -2.48. The molecule has 0 aromatic carbocycles. The van der Waals surface area contributed by atoms with E-state index >= 15 is 0 Å². The second-order valence-corrected chi connectivity index (χ2v) is 6.25. The van der Waals surface area contributed by atoms with Crippen molar-refractivity contribution in [1.82, 2.24) is 24.8 Å². The van der Waals surface area contributed by atoms with Gasteiger partial charge in [-0.05, 0) is 0 Å². The summed E-state index contributed by atoms with van der Waals surface area (Å²) in [5.41, 5.74) is 0.797. The molecule has 0 radical (unpaired) electrons. The third kappa shape index (κ3) is 4.35. The molecule has 1 N–H and O–H groups in total. The molecule has 0 spiro atoms. The van der Waals surface area contributed by atoms with Crippen LogP contribution in [-0.2, 0) is 16.0 Å². The van der Waals surface area contributed by atoms with Crippen molar-refractivity contribution in [2.24, 2.45) is 0 Å². The Hall–Kier alpha value is -2.88. The zero-order valence-electron chi connectivity index (χ0n) is 13.3. The van der Waals surface area contributed by atoms with Crippen molar-refractivity contribution in [3.8, 4) is 0 Å². The van der Waals surface area contributed by atoms with Crippen LogP contribution in [0.3, 0.4) is 0 Å². The standard InChI is InChI=1S/C15H16N6O3S/c22-10-20-3-5-21(6-4-20)13(23)7-11-9-25-15(18-11)19-14(24)12-8-16-1-2-17-12/h1-2,8-10H,3-7H2,(H,18,19,24). The number of nitrogens with one attached hydrogen (secondary N) is 1. The summed E-state index contributed by atoms with van der Waals surface area (Å²) in [5.74, 6) is -0.437. The third-order valence-electron chi connectivity index (χ3n) is 3.72. The van der Waals surface area contributed by atoms with Gasteiger partial charge in [0.05, 0.1) is 18.3 Å². The summed E-state index contributed by atoms with van der Waals surface area (Å²) in [5, 5.41) is 4.79. The molecule has 10 heteroatoms. The van der Waals surface area contributed by atoms with E-state index in [1.54, 1.807) is 15.2 Å². The van der Waals surface area contributed by atoms with Crippen molar-refractivity contribution in [2.75, 3.05) is 31.5 Å². The van der Waals surface area contributed by atoms with Gasteiger partial charge in [0, 0.05) is 44.0 Å². The van der Waals surface area contributed by atoms with Crippen molar-refractivity contribution in [3.63, 3.8) is 0 Å². The van der Waals surface area contributed by atoms with Crippen LogP contribution in [-0.4, -0.2) is 69.2 Å². The van der Waals surface area contributed by atoms with Gasteiger partial charge in [-0.25, -0.2) is 9.97 Å². The monoisotopic (exact) mass is 360 g/mol. The lowest BCUT2D eigenvalue weighted by atomic mass is 10.2. The summed E-state index contributed by atoms with van der Waals surface area (Å²) in [6.07, 6.45) is 5.25. The van der Waals surface area contributed by atoms with Crippen LogP contribution in [0.5, 0.6) is 0 Å². The van der Waals surface area contributed by atoms with Crippen molar-refractivity contribution in [1.29, 1.82) is 0 Å². The number of nitrogens with zero attached hydrogens (tertiary/aromatic N) is 5. The zero-order valence-corrected chi connectivity index (χ0v) is 14.1. The normalized spacial score (nSPS) is 14.2. The number of hydrogen-bond donors (Lipinski definition) is 1. The number of thiazole rings is 1. The fraction of sp³-hybridized carbons (Fsp3) is 0.333. The Balaban J connectivity index is 1.54. The maximum Gasteiger partial charge on any atom is 0.277 e. The predicted molar refractivity (Wildman–Crippen MR) is 90.0 cm³/mol. The largest absolute Gasteiger partial charge is 0.342 e. The SMILES string of the molecule is O=CN1CCN(C(=O)Cc2csc(NC(=O)c3cnccn3)n2)CC1. The molecule has 25 heavy (non-hydrogen) atoms. The first-order chi connectivity index (χ1) is 12.2. The average Bonchev–Trinajstić information content (AvgIpc) is 3.09. The van der Waals surface area contributed by atoms with E-state index in [9.17, 15) is 14.4 Å². The van der Waals surface area contributed by atoms with Crippen LogP contribution >= 0.6 is 11.3 Å². The van der Waals surface area contributed by atoms with E-state index in [-0.39, 0.29) is 18.0 Å². The third-order valence-corrected chi connectivity index (χ3v) is 4.52. The summed E-state index contributed by atoms with van der Waals surface area (Å²) in [6.45, 7) is 2.15. The van der Waals surface area contributed by atoms with Crippen molar-refractivity contribution >= 4 is 34.7 Å². The number of aromatic nitrogens is 3. The molecule has 9 nitrogen and oxygen atoms in total. The van der Waals surface area contributed by atoms with E-state index in [1.165, 1.54) is 29.9 Å². The van der Waals surface area contributed by atoms with Gasteiger partial charge in [0.1, 0.15) is 5.69 Å². The van der Waals surface area contributed by atoms with Crippen LogP contribution in [0, 0.1) is 0 Å². The smallest absolute Gasteiger partial charge is 0.277 e. The van der Waals surface area contributed by atoms with Gasteiger partial charge in [0.2, 0.25) is 12.3 Å². The average molecular weight is 360 g/mol. The zero-order chi connectivity index (χ0) is 17.6. The van der Waals surface area contributed by atoms with Crippen molar-refractivity contribution < 1.29 is 14.4 Å². The lowest BCUT2D eigenvalue weighted by Gasteiger charge is -2.32. The number of carbonyl (C=O) groups is 3. The fourth-order valence-corrected chi connectivity index (χ4v) is 3.07. The molecule has 1 aliphatic rings. The van der Waals surface area contributed by atoms with Crippen LogP contribution < -0.4 is 5.32 Å². The molecule has 0 bridgehead atoms. The quantitative estimate of drug-likeness (QED) is 0.754. The van der Waals surface area contributed by atoms with Gasteiger partial charge in [0.15, 0.2) is 5.13 Å². The van der Waals surface area contributed by atoms with Gasteiger partial charge in [0.25, 0.3) is 5.91 Å². The highest BCUT2D eigenvalue weighted by atomic mass is 32.1. The predicted octanol–water partition coefficient (Wildman–Crippen LogP) is 0.0285. The lowest BCUT2D eigenvalue weighted by molar-refractivity contribution is -0.134. The van der Waals surface area contributed by atoms with Crippen LogP contribution in [0.25, 0.3) is 0 Å². The number of anilines is 1. The molecule has 2 aromatic heterocycles. The minimum Gasteiger partial charge on any atom is -0.342 e. The van der Waals surface area contributed by atoms with E-state index in [4.69, 9.17) is 0 Å². The highest BCUT2D eigenvalue weighted by Gasteiger charge is 2.21. The molecule has 0 aliphatic carbocycles. The number of amides is 3. The summed E-state index contributed by atoms with van der Waals surface area (Å²) < 4.78 is 0. The molecule has 0 atom stereocenters. The molecule has 3 rings (SSSR count). The topological polar surface area (TPSA) is 108 Å². The summed E-state index contributed by atoms with van der Waals surface area (Å²) in [7, 11) is 0. The molecule has 1 aliphatic heterocycles. The maximum atomic E-state index is 12.3. The Kier molecular flexibility index (Phi) is 5.29. The Labute approximate surface area is 147 Å². The van der Waals surface area contributed by atoms with Gasteiger partial charge >= 0.3 is 0 Å². The van der Waals surface area contributed by atoms with E-state index in [1.807, 2.05) is 0 Å². The first-order valence-electron chi connectivity index (χ1n) is 7.64. The number of hydrogen-bond acceptors (Lipinski definition) is 7. The molecular formula is C15H16N6O3S. The van der Waals surface area contributed by atoms with E-state index in [0.29, 0.717) is 37.0 Å². The minimum absolute atomic E-state index is 0.0392. The molecule has 0 unspecified atom stereocenters. The molecule has 2 aromatic rings. The van der Waals surface area contributed by atoms with Gasteiger partial charge < -0.3 is 9.80 Å². The van der Waals surface area contributed by atoms with Gasteiger partial charge in [-0.2, -0.15) is 0 Å². The van der Waals surface area contributed by atoms with E-state index in [2.05, 4.69) is 20.3 Å². The van der Waals surface area contributed by atoms with Gasteiger partial charge in [-0.15, -0.1) is 11.3 Å². The summed E-state index contributed by atoms with van der Waals surface area (Å²) in [4.78, 5) is 50.4. The van der Waals surface area contributed by atoms with Crippen LogP contribution in [0.2, 0.25) is 0 Å². The molecule has 0 saturated carbocycles. The van der Waals surface area contributed by atoms with Crippen molar-refractivity contribution in [3.05, 3.63) is 35.4 Å². The number of piperazine rings is 1. The number of rotatable bonds is 5. The summed E-state index contributed by atoms with van der Waals surface area (Å²) in [6, 6.07) is 0. The second-order valence-electron chi connectivity index (χ2n) is 5.39. The molecular weight excluding hydrogens is 344 g/mol. The molecule has 3 heterocycles. The van der Waals surface area contributed by atoms with Gasteiger partial charge in [-0.1, -0.05) is 0 Å². The molecule has 130 valence electrons. The van der Waals surface area contributed by atoms with E-state index < -0.39 is 5.91 Å². The Morgan fingerprint density at radius 1 is 1.24 bits per heavy atom. The van der Waals surface area contributed by atoms with E-state index in [0.717, 1.165) is 6.41 Å². The Morgan fingerprint density at radius 2 is 2.04 bits per heavy atom. The fourth-order valence-electron chi connectivity index (χ4n) is 2.37. The first kappa shape index (κ1) is 17.0. The highest BCUT2D eigenvalue weighted by molar-refractivity contribution is 7.14. The second kappa shape index (κ2) is 7.79. The molecule has 3 amide bonds. The maximum absolute atomic E-state index is 12.3. The number of carbonyl (C=O) groups excluding carboxylic acids is 3. The Morgan fingerprint density at radius 3 is 2.72 bits per heavy atom. The van der Waals surface area contributed by atoms with Crippen molar-refractivity contribution in [2.45, 2.75) is 6.42 Å². The summed E-state index contributed by atoms with van der Waals surface area (Å²) >= 11 is 1.25. The van der Waals surface area contributed by atoms with Gasteiger partial charge in [-0.3, -0.25) is 24.7 Å². The Bertz CT molecular complexity index is 758. The van der Waals surface area contributed by atoms with Crippen LogP contribution in [0.15, 0.2) is 24.0 Å².